The number of nitrogens with zero attached hydrogens (tertiary/aromatic N) is 2. The summed E-state index contributed by atoms with van der Waals surface area (Å²) in [6.07, 6.45) is 0.589. The third-order valence-electron chi connectivity index (χ3n) is 5.73. The molecule has 1 aliphatic rings. The molecule has 0 saturated carbocycles. The number of aliphatic hydroxyl groups is 1. The molecule has 152 valence electrons. The highest BCUT2D eigenvalue weighted by Crippen LogP contribution is 2.33. The summed E-state index contributed by atoms with van der Waals surface area (Å²) in [6, 6.07) is 10.6. The summed E-state index contributed by atoms with van der Waals surface area (Å²) in [5.74, 6) is 0.107. The van der Waals surface area contributed by atoms with Crippen LogP contribution in [0.4, 0.5) is 4.79 Å². The van der Waals surface area contributed by atoms with Gasteiger partial charge in [0.05, 0.1) is 12.1 Å². The number of ether oxygens (including phenoxy) is 1. The molecule has 1 aliphatic heterocycles. The first-order chi connectivity index (χ1) is 12.6. The van der Waals surface area contributed by atoms with Crippen LogP contribution in [0.15, 0.2) is 30.3 Å². The average Bonchev–Trinajstić information content (AvgIpc) is 2.70. The predicted molar refractivity (Wildman–Crippen MR) is 109 cm³/mol. The van der Waals surface area contributed by atoms with E-state index in [0.717, 1.165) is 19.5 Å². The van der Waals surface area contributed by atoms with Gasteiger partial charge in [0, 0.05) is 25.7 Å². The first-order valence-electron chi connectivity index (χ1n) is 10.00. The zero-order valence-corrected chi connectivity index (χ0v) is 17.7. The standard InChI is InChI=1S/C22H36N2O3/c1-7-19-15-24(20(26)27-21(3,4)5)22(6,16-25)17(2)13-23(19)14-18-11-9-8-10-12-18/h8-12,17,19,25H,7,13-16H2,1-6H3/t17-,19-,22+/m1/s1. The fourth-order valence-corrected chi connectivity index (χ4v) is 3.74. The van der Waals surface area contributed by atoms with Gasteiger partial charge in [0.15, 0.2) is 0 Å². The van der Waals surface area contributed by atoms with Crippen LogP contribution in [0.2, 0.25) is 0 Å². The number of carbonyl (C=O) groups excluding carboxylic acids is 1. The molecule has 27 heavy (non-hydrogen) atoms. The molecule has 3 atom stereocenters. The minimum absolute atomic E-state index is 0.0803. The molecule has 5 heteroatoms. The molecule has 0 aliphatic carbocycles. The molecule has 1 aromatic carbocycles. The van der Waals surface area contributed by atoms with Crippen molar-refractivity contribution >= 4 is 6.09 Å². The zero-order valence-electron chi connectivity index (χ0n) is 17.7. The van der Waals surface area contributed by atoms with Gasteiger partial charge in [0.25, 0.3) is 0 Å². The maximum atomic E-state index is 13.0. The Labute approximate surface area is 164 Å². The fraction of sp³-hybridized carbons (Fsp3) is 0.682. The van der Waals surface area contributed by atoms with Crippen molar-refractivity contribution in [2.24, 2.45) is 5.92 Å². The lowest BCUT2D eigenvalue weighted by molar-refractivity contribution is -0.0263. The molecule has 1 saturated heterocycles. The molecule has 0 radical (unpaired) electrons. The van der Waals surface area contributed by atoms with Crippen LogP contribution in [0.5, 0.6) is 0 Å². The van der Waals surface area contributed by atoms with Crippen molar-refractivity contribution in [1.29, 1.82) is 0 Å². The Morgan fingerprint density at radius 1 is 1.26 bits per heavy atom. The molecule has 0 spiro atoms. The number of benzene rings is 1. The summed E-state index contributed by atoms with van der Waals surface area (Å²) in [7, 11) is 0. The van der Waals surface area contributed by atoms with Gasteiger partial charge < -0.3 is 9.84 Å². The van der Waals surface area contributed by atoms with Gasteiger partial charge in [-0.25, -0.2) is 4.79 Å². The van der Waals surface area contributed by atoms with E-state index in [1.54, 1.807) is 4.90 Å². The molecule has 0 aromatic heterocycles. The molecular formula is C22H36N2O3. The second-order valence-electron chi connectivity index (χ2n) is 8.98. The molecule has 1 heterocycles. The second-order valence-corrected chi connectivity index (χ2v) is 8.98. The summed E-state index contributed by atoms with van der Waals surface area (Å²) in [5, 5.41) is 10.2. The third-order valence-corrected chi connectivity index (χ3v) is 5.73. The Morgan fingerprint density at radius 3 is 2.41 bits per heavy atom. The molecule has 1 amide bonds. The molecule has 0 bridgehead atoms. The van der Waals surface area contributed by atoms with E-state index >= 15 is 0 Å². The van der Waals surface area contributed by atoms with Gasteiger partial charge in [0.1, 0.15) is 5.60 Å². The van der Waals surface area contributed by atoms with Crippen LogP contribution < -0.4 is 0 Å². The van der Waals surface area contributed by atoms with E-state index in [1.807, 2.05) is 33.8 Å². The largest absolute Gasteiger partial charge is 0.444 e. The normalized spacial score (nSPS) is 27.3. The van der Waals surface area contributed by atoms with E-state index < -0.39 is 11.1 Å². The smallest absolute Gasteiger partial charge is 0.410 e. The van der Waals surface area contributed by atoms with Crippen molar-refractivity contribution < 1.29 is 14.6 Å². The first-order valence-corrected chi connectivity index (χ1v) is 10.00. The van der Waals surface area contributed by atoms with Crippen molar-refractivity contribution in [3.63, 3.8) is 0 Å². The van der Waals surface area contributed by atoms with Gasteiger partial charge in [0.2, 0.25) is 0 Å². The Bertz CT molecular complexity index is 614. The Morgan fingerprint density at radius 2 is 1.89 bits per heavy atom. The number of rotatable bonds is 4. The maximum Gasteiger partial charge on any atom is 0.410 e. The quantitative estimate of drug-likeness (QED) is 0.866. The highest BCUT2D eigenvalue weighted by atomic mass is 16.6. The third kappa shape index (κ3) is 5.23. The lowest BCUT2D eigenvalue weighted by atomic mass is 9.86. The predicted octanol–water partition coefficient (Wildman–Crippen LogP) is 3.91. The molecule has 1 fully saturated rings. The fourth-order valence-electron chi connectivity index (χ4n) is 3.74. The van der Waals surface area contributed by atoms with Crippen LogP contribution in [-0.2, 0) is 11.3 Å². The molecule has 0 unspecified atom stereocenters. The van der Waals surface area contributed by atoms with E-state index in [-0.39, 0.29) is 24.7 Å². The van der Waals surface area contributed by atoms with Crippen molar-refractivity contribution in [2.75, 3.05) is 19.7 Å². The molecule has 1 N–H and O–H groups in total. The van der Waals surface area contributed by atoms with E-state index in [9.17, 15) is 9.90 Å². The molecular weight excluding hydrogens is 340 g/mol. The lowest BCUT2D eigenvalue weighted by Gasteiger charge is -2.43. The van der Waals surface area contributed by atoms with Gasteiger partial charge in [-0.2, -0.15) is 0 Å². The summed E-state index contributed by atoms with van der Waals surface area (Å²) in [5.41, 5.74) is 0.0508. The van der Waals surface area contributed by atoms with E-state index in [4.69, 9.17) is 4.74 Å². The first kappa shape index (κ1) is 21.7. The summed E-state index contributed by atoms with van der Waals surface area (Å²) in [4.78, 5) is 17.2. The topological polar surface area (TPSA) is 53.0 Å². The van der Waals surface area contributed by atoms with Crippen molar-refractivity contribution in [2.45, 2.75) is 71.7 Å². The van der Waals surface area contributed by atoms with E-state index in [2.05, 4.69) is 43.0 Å². The van der Waals surface area contributed by atoms with Gasteiger partial charge in [-0.15, -0.1) is 0 Å². The lowest BCUT2D eigenvalue weighted by Crippen LogP contribution is -2.58. The van der Waals surface area contributed by atoms with E-state index in [1.165, 1.54) is 5.56 Å². The molecule has 2 rings (SSSR count). The SMILES string of the molecule is CC[C@@H]1CN(C(=O)OC(C)(C)C)[C@@](C)(CO)[C@H](C)CN1Cc1ccccc1. The number of hydrogen-bond donors (Lipinski definition) is 1. The molecule has 5 nitrogen and oxygen atoms in total. The summed E-state index contributed by atoms with van der Waals surface area (Å²) in [6.45, 7) is 14.0. The summed E-state index contributed by atoms with van der Waals surface area (Å²) < 4.78 is 5.68. The van der Waals surface area contributed by atoms with Crippen LogP contribution in [0, 0.1) is 5.92 Å². The van der Waals surface area contributed by atoms with Gasteiger partial charge in [-0.05, 0) is 45.6 Å². The Balaban J connectivity index is 2.31. The van der Waals surface area contributed by atoms with Gasteiger partial charge >= 0.3 is 6.09 Å². The highest BCUT2D eigenvalue weighted by Gasteiger charge is 2.46. The average molecular weight is 377 g/mol. The minimum atomic E-state index is -0.652. The number of amides is 1. The zero-order chi connectivity index (χ0) is 20.2. The van der Waals surface area contributed by atoms with Crippen molar-refractivity contribution in [3.8, 4) is 0 Å². The molecule has 1 aromatic rings. The van der Waals surface area contributed by atoms with Crippen molar-refractivity contribution in [3.05, 3.63) is 35.9 Å². The number of hydrogen-bond acceptors (Lipinski definition) is 4. The van der Waals surface area contributed by atoms with Gasteiger partial charge in [-0.3, -0.25) is 9.80 Å². The highest BCUT2D eigenvalue weighted by molar-refractivity contribution is 5.69. The van der Waals surface area contributed by atoms with Crippen LogP contribution >= 0.6 is 0 Å². The maximum absolute atomic E-state index is 13.0. The van der Waals surface area contributed by atoms with Crippen molar-refractivity contribution in [1.82, 2.24) is 9.80 Å². The Hall–Kier alpha value is -1.59. The van der Waals surface area contributed by atoms with Gasteiger partial charge in [-0.1, -0.05) is 44.2 Å². The van der Waals surface area contributed by atoms with Crippen LogP contribution in [0.1, 0.15) is 53.5 Å². The minimum Gasteiger partial charge on any atom is -0.444 e. The monoisotopic (exact) mass is 376 g/mol. The second kappa shape index (κ2) is 8.61. The number of carbonyl (C=O) groups is 1. The van der Waals surface area contributed by atoms with E-state index in [0.29, 0.717) is 6.54 Å². The number of aliphatic hydroxyl groups excluding tert-OH is 1. The van der Waals surface area contributed by atoms with Crippen LogP contribution in [0.25, 0.3) is 0 Å². The van der Waals surface area contributed by atoms with Crippen LogP contribution in [0.3, 0.4) is 0 Å². The Kier molecular flexibility index (Phi) is 6.92. The van der Waals surface area contributed by atoms with Crippen LogP contribution in [-0.4, -0.2) is 57.9 Å². The summed E-state index contributed by atoms with van der Waals surface area (Å²) >= 11 is 0.